The second-order valence-electron chi connectivity index (χ2n) is 8.19. The predicted molar refractivity (Wildman–Crippen MR) is 106 cm³/mol. The molecule has 1 saturated heterocycles. The van der Waals surface area contributed by atoms with E-state index in [1.54, 1.807) is 0 Å². The average molecular weight is 375 g/mol. The Balaban J connectivity index is 1.63. The van der Waals surface area contributed by atoms with Crippen LogP contribution in [0.2, 0.25) is 0 Å². The van der Waals surface area contributed by atoms with Crippen molar-refractivity contribution in [2.75, 3.05) is 6.61 Å². The molecule has 2 aliphatic heterocycles. The Hall–Kier alpha value is -1.23. The highest BCUT2D eigenvalue weighted by Gasteiger charge is 2.46. The normalized spacial score (nSPS) is 33.9. The maximum absolute atomic E-state index is 12.1. The number of carbonyl (C=O) groups excluding carboxylic acids is 1. The Labute approximate surface area is 163 Å². The first-order chi connectivity index (χ1) is 13.1. The van der Waals surface area contributed by atoms with E-state index in [2.05, 4.69) is 19.1 Å². The van der Waals surface area contributed by atoms with Crippen LogP contribution in [0, 0.1) is 5.92 Å². The van der Waals surface area contributed by atoms with Gasteiger partial charge in [-0.15, -0.1) is 0 Å². The molecule has 1 aliphatic carbocycles. The molecule has 0 unspecified atom stereocenters. The zero-order valence-electron chi connectivity index (χ0n) is 16.8. The van der Waals surface area contributed by atoms with E-state index in [1.807, 2.05) is 19.1 Å². The molecule has 1 spiro atoms. The lowest BCUT2D eigenvalue weighted by Crippen LogP contribution is -2.50. The van der Waals surface area contributed by atoms with E-state index in [0.717, 1.165) is 43.3 Å². The topological polar surface area (TPSA) is 55.8 Å². The summed E-state index contributed by atoms with van der Waals surface area (Å²) in [7, 11) is 0. The van der Waals surface area contributed by atoms with Crippen molar-refractivity contribution < 1.29 is 19.4 Å². The van der Waals surface area contributed by atoms with Gasteiger partial charge in [0.25, 0.3) is 0 Å². The van der Waals surface area contributed by atoms with Crippen molar-refractivity contribution in [1.29, 1.82) is 0 Å². The number of fused-ring (bicyclic) bond motifs is 1. The number of carbonyl (C=O) groups is 1. The fourth-order valence-electron chi connectivity index (χ4n) is 4.56. The minimum atomic E-state index is -0.732. The van der Waals surface area contributed by atoms with Crippen molar-refractivity contribution >= 4 is 5.78 Å². The van der Waals surface area contributed by atoms with Crippen LogP contribution in [0.4, 0.5) is 0 Å². The van der Waals surface area contributed by atoms with Gasteiger partial charge < -0.3 is 14.6 Å². The molecular formula is C23H34O4. The van der Waals surface area contributed by atoms with Gasteiger partial charge in [0.15, 0.2) is 11.6 Å². The number of hydrogen-bond acceptors (Lipinski definition) is 4. The highest BCUT2D eigenvalue weighted by atomic mass is 16.7. The van der Waals surface area contributed by atoms with Gasteiger partial charge in [-0.2, -0.15) is 0 Å². The number of unbranched alkanes of at least 4 members (excludes halogenated alkanes) is 3. The summed E-state index contributed by atoms with van der Waals surface area (Å²) in [6.07, 6.45) is 17.5. The Morgan fingerprint density at radius 2 is 2.15 bits per heavy atom. The molecule has 1 N–H and O–H groups in total. The molecule has 1 fully saturated rings. The molecule has 150 valence electrons. The highest BCUT2D eigenvalue weighted by Crippen LogP contribution is 2.43. The van der Waals surface area contributed by atoms with Crippen LogP contribution in [-0.4, -0.2) is 35.5 Å². The molecule has 0 aromatic rings. The zero-order chi connectivity index (χ0) is 19.3. The first-order valence-corrected chi connectivity index (χ1v) is 10.6. The molecule has 4 atom stereocenters. The van der Waals surface area contributed by atoms with Crippen LogP contribution >= 0.6 is 0 Å². The minimum absolute atomic E-state index is 0.0363. The van der Waals surface area contributed by atoms with Crippen molar-refractivity contribution in [3.05, 3.63) is 35.5 Å². The molecule has 3 rings (SSSR count). The standard InChI is InChI=1S/C23H34O4/c1-3-4-5-6-7-8-10-19-11-9-12-23(26-19)15-18(16-24)20-14-21(25)17(2)13-22(20)27-23/h3-4,13,15,19-20,22,24H,5-12,14,16H2,1-2H3/b4-3+/t19-,20-,22-,23+/m1/s1. The van der Waals surface area contributed by atoms with Crippen LogP contribution in [-0.2, 0) is 14.3 Å². The van der Waals surface area contributed by atoms with Crippen LogP contribution in [0.25, 0.3) is 0 Å². The molecule has 0 aromatic heterocycles. The fraction of sp³-hybridized carbons (Fsp3) is 0.696. The number of Topliss-reactive ketones (excluding diaryl/α,β-unsaturated/α-hetero) is 1. The lowest BCUT2D eigenvalue weighted by atomic mass is 9.78. The highest BCUT2D eigenvalue weighted by molar-refractivity contribution is 5.96. The van der Waals surface area contributed by atoms with E-state index < -0.39 is 5.79 Å². The summed E-state index contributed by atoms with van der Waals surface area (Å²) in [6.45, 7) is 3.88. The number of allylic oxidation sites excluding steroid dienone is 3. The molecule has 0 radical (unpaired) electrons. The Morgan fingerprint density at radius 3 is 2.93 bits per heavy atom. The monoisotopic (exact) mass is 374 g/mol. The van der Waals surface area contributed by atoms with E-state index in [-0.39, 0.29) is 30.5 Å². The summed E-state index contributed by atoms with van der Waals surface area (Å²) in [6, 6.07) is 0. The van der Waals surface area contributed by atoms with Gasteiger partial charge in [0.1, 0.15) is 0 Å². The number of aliphatic hydroxyl groups is 1. The van der Waals surface area contributed by atoms with Gasteiger partial charge in [0, 0.05) is 18.8 Å². The summed E-state index contributed by atoms with van der Waals surface area (Å²) in [5, 5.41) is 9.89. The third-order valence-electron chi connectivity index (χ3n) is 6.11. The largest absolute Gasteiger partial charge is 0.392 e. The van der Waals surface area contributed by atoms with Gasteiger partial charge in [-0.1, -0.05) is 25.0 Å². The van der Waals surface area contributed by atoms with Gasteiger partial charge in [0.2, 0.25) is 0 Å². The Kier molecular flexibility index (Phi) is 7.07. The average Bonchev–Trinajstić information content (AvgIpc) is 2.65. The summed E-state index contributed by atoms with van der Waals surface area (Å²) in [4.78, 5) is 12.1. The summed E-state index contributed by atoms with van der Waals surface area (Å²) in [5.41, 5.74) is 1.66. The van der Waals surface area contributed by atoms with Crippen molar-refractivity contribution in [3.8, 4) is 0 Å². The van der Waals surface area contributed by atoms with Gasteiger partial charge in [-0.3, -0.25) is 4.79 Å². The summed E-state index contributed by atoms with van der Waals surface area (Å²) < 4.78 is 12.9. The molecule has 0 bridgehead atoms. The van der Waals surface area contributed by atoms with Gasteiger partial charge in [-0.25, -0.2) is 0 Å². The van der Waals surface area contributed by atoms with Crippen molar-refractivity contribution in [2.24, 2.45) is 5.92 Å². The first kappa shape index (κ1) is 20.5. The molecule has 4 heteroatoms. The third-order valence-corrected chi connectivity index (χ3v) is 6.11. The van der Waals surface area contributed by atoms with E-state index in [9.17, 15) is 9.90 Å². The van der Waals surface area contributed by atoms with E-state index in [4.69, 9.17) is 9.47 Å². The summed E-state index contributed by atoms with van der Waals surface area (Å²) in [5.74, 6) is -0.632. The number of rotatable bonds is 7. The van der Waals surface area contributed by atoms with Crippen molar-refractivity contribution in [2.45, 2.75) is 89.6 Å². The molecular weight excluding hydrogens is 340 g/mol. The van der Waals surface area contributed by atoms with E-state index >= 15 is 0 Å². The van der Waals surface area contributed by atoms with Gasteiger partial charge in [-0.05, 0) is 69.2 Å². The molecule has 27 heavy (non-hydrogen) atoms. The predicted octanol–water partition coefficient (Wildman–Crippen LogP) is 4.63. The lowest BCUT2D eigenvalue weighted by Gasteiger charge is -2.47. The van der Waals surface area contributed by atoms with Crippen molar-refractivity contribution in [3.63, 3.8) is 0 Å². The quantitative estimate of drug-likeness (QED) is 0.521. The second kappa shape index (κ2) is 9.31. The van der Waals surface area contributed by atoms with Crippen LogP contribution in [0.3, 0.4) is 0 Å². The van der Waals surface area contributed by atoms with Crippen LogP contribution in [0.1, 0.15) is 71.6 Å². The lowest BCUT2D eigenvalue weighted by molar-refractivity contribution is -0.275. The fourth-order valence-corrected chi connectivity index (χ4v) is 4.56. The van der Waals surface area contributed by atoms with E-state index in [0.29, 0.717) is 6.42 Å². The Morgan fingerprint density at radius 1 is 1.30 bits per heavy atom. The molecule has 3 aliphatic rings. The maximum Gasteiger partial charge on any atom is 0.189 e. The van der Waals surface area contributed by atoms with E-state index in [1.165, 1.54) is 19.3 Å². The van der Waals surface area contributed by atoms with Gasteiger partial charge in [0.05, 0.1) is 18.8 Å². The van der Waals surface area contributed by atoms with Crippen molar-refractivity contribution in [1.82, 2.24) is 0 Å². The smallest absolute Gasteiger partial charge is 0.189 e. The maximum atomic E-state index is 12.1. The number of aliphatic hydroxyl groups excluding tert-OH is 1. The molecule has 0 saturated carbocycles. The van der Waals surface area contributed by atoms with Crippen LogP contribution in [0.15, 0.2) is 35.5 Å². The first-order valence-electron chi connectivity index (χ1n) is 10.6. The molecule has 0 aromatic carbocycles. The SMILES string of the molecule is C/C=C/CCCCC[C@@H]1CCC[C@]2(C=C(CO)[C@H]3CC(=O)C(C)=C[C@H]3O2)O1. The second-order valence-corrected chi connectivity index (χ2v) is 8.19. The molecule has 0 amide bonds. The van der Waals surface area contributed by atoms with Crippen LogP contribution in [0.5, 0.6) is 0 Å². The Bertz CT molecular complexity index is 618. The number of ether oxygens (including phenoxy) is 2. The molecule has 4 nitrogen and oxygen atoms in total. The number of ketones is 1. The number of hydrogen-bond donors (Lipinski definition) is 1. The van der Waals surface area contributed by atoms with Crippen LogP contribution < -0.4 is 0 Å². The minimum Gasteiger partial charge on any atom is -0.392 e. The van der Waals surface area contributed by atoms with Gasteiger partial charge >= 0.3 is 0 Å². The summed E-state index contributed by atoms with van der Waals surface area (Å²) >= 11 is 0. The molecule has 2 heterocycles. The zero-order valence-corrected chi connectivity index (χ0v) is 16.8. The third kappa shape index (κ3) is 4.98.